The molecule has 0 aliphatic rings. The first-order valence-corrected chi connectivity index (χ1v) is 4.85. The van der Waals surface area contributed by atoms with E-state index in [0.29, 0.717) is 0 Å². The number of rotatable bonds is 4. The van der Waals surface area contributed by atoms with E-state index in [-0.39, 0.29) is 29.0 Å². The van der Waals surface area contributed by atoms with Gasteiger partial charge in [-0.15, -0.1) is 0 Å². The van der Waals surface area contributed by atoms with Crippen molar-refractivity contribution in [1.29, 1.82) is 5.26 Å². The van der Waals surface area contributed by atoms with Gasteiger partial charge in [0, 0.05) is 5.56 Å². The van der Waals surface area contributed by atoms with Crippen molar-refractivity contribution >= 4 is 11.7 Å². The summed E-state index contributed by atoms with van der Waals surface area (Å²) in [6.07, 6.45) is -0.176. The molecule has 0 spiro atoms. The molecule has 0 N–H and O–H groups in total. The fourth-order valence-electron chi connectivity index (χ4n) is 1.45. The predicted octanol–water partition coefficient (Wildman–Crippen LogP) is 1.46. The normalized spacial score (nSPS) is 9.39. The number of ether oxygens (including phenoxy) is 2. The third-order valence-electron chi connectivity index (χ3n) is 2.27. The lowest BCUT2D eigenvalue weighted by atomic mass is 10.1. The van der Waals surface area contributed by atoms with Crippen LogP contribution in [0, 0.1) is 21.4 Å². The standard InChI is InChI=1S/C11H10N2O5/c1-17-10-6-9(13(15)16)7(3-4-12)5-8(10)11(14)18-2/h5-6H,3H2,1-2H3. The molecule has 0 saturated heterocycles. The predicted molar refractivity (Wildman–Crippen MR) is 60.3 cm³/mol. The number of carbonyl (C=O) groups excluding carboxylic acids is 1. The summed E-state index contributed by atoms with van der Waals surface area (Å²) in [5.41, 5.74) is -0.0689. The van der Waals surface area contributed by atoms with Crippen molar-refractivity contribution in [3.8, 4) is 11.8 Å². The van der Waals surface area contributed by atoms with Crippen LogP contribution in [0.3, 0.4) is 0 Å². The summed E-state index contributed by atoms with van der Waals surface area (Å²) in [6.45, 7) is 0. The molecule has 0 amide bonds. The van der Waals surface area contributed by atoms with Crippen molar-refractivity contribution in [2.24, 2.45) is 0 Å². The SMILES string of the molecule is COC(=O)c1cc(CC#N)c([N+](=O)[O-])cc1OC. The zero-order valence-corrected chi connectivity index (χ0v) is 9.80. The summed E-state index contributed by atoms with van der Waals surface area (Å²) in [5, 5.41) is 19.5. The first kappa shape index (κ1) is 13.4. The van der Waals surface area contributed by atoms with Crippen molar-refractivity contribution < 1.29 is 19.2 Å². The number of nitro groups is 1. The zero-order valence-electron chi connectivity index (χ0n) is 9.80. The number of hydrogen-bond donors (Lipinski definition) is 0. The highest BCUT2D eigenvalue weighted by Crippen LogP contribution is 2.29. The fraction of sp³-hybridized carbons (Fsp3) is 0.273. The van der Waals surface area contributed by atoms with Gasteiger partial charge in [0.25, 0.3) is 5.69 Å². The van der Waals surface area contributed by atoms with Gasteiger partial charge in [-0.3, -0.25) is 10.1 Å². The highest BCUT2D eigenvalue weighted by atomic mass is 16.6. The van der Waals surface area contributed by atoms with Crippen LogP contribution in [0.4, 0.5) is 5.69 Å². The third kappa shape index (κ3) is 2.55. The van der Waals surface area contributed by atoms with Crippen LogP contribution in [0.15, 0.2) is 12.1 Å². The van der Waals surface area contributed by atoms with Crippen LogP contribution in [0.5, 0.6) is 5.75 Å². The average molecular weight is 250 g/mol. The zero-order chi connectivity index (χ0) is 13.7. The van der Waals surface area contributed by atoms with E-state index in [9.17, 15) is 14.9 Å². The number of nitrogens with zero attached hydrogens (tertiary/aromatic N) is 2. The van der Waals surface area contributed by atoms with Crippen molar-refractivity contribution in [2.45, 2.75) is 6.42 Å². The molecule has 0 bridgehead atoms. The monoisotopic (exact) mass is 250 g/mol. The van der Waals surface area contributed by atoms with Gasteiger partial charge < -0.3 is 9.47 Å². The van der Waals surface area contributed by atoms with Crippen molar-refractivity contribution in [2.75, 3.05) is 14.2 Å². The summed E-state index contributed by atoms with van der Waals surface area (Å²) in [6, 6.07) is 4.16. The average Bonchev–Trinajstić information content (AvgIpc) is 2.37. The maximum atomic E-state index is 11.5. The van der Waals surface area contributed by atoms with Crippen LogP contribution in [0.2, 0.25) is 0 Å². The third-order valence-corrected chi connectivity index (χ3v) is 2.27. The molecular weight excluding hydrogens is 240 g/mol. The minimum absolute atomic E-state index is 0.0373. The molecule has 0 atom stereocenters. The van der Waals surface area contributed by atoms with Gasteiger partial charge in [-0.05, 0) is 6.07 Å². The Morgan fingerprint density at radius 1 is 1.50 bits per heavy atom. The molecule has 1 rings (SSSR count). The molecule has 0 heterocycles. The van der Waals surface area contributed by atoms with Crippen LogP contribution in [0.25, 0.3) is 0 Å². The molecule has 1 aromatic rings. The van der Waals surface area contributed by atoms with Crippen molar-refractivity contribution in [3.05, 3.63) is 33.4 Å². The Hall–Kier alpha value is -2.62. The molecule has 0 unspecified atom stereocenters. The lowest BCUT2D eigenvalue weighted by Gasteiger charge is -2.08. The smallest absolute Gasteiger partial charge is 0.341 e. The fourth-order valence-corrected chi connectivity index (χ4v) is 1.45. The van der Waals surface area contributed by atoms with Crippen molar-refractivity contribution in [1.82, 2.24) is 0 Å². The summed E-state index contributed by atoms with van der Waals surface area (Å²) < 4.78 is 9.44. The van der Waals surface area contributed by atoms with Crippen LogP contribution >= 0.6 is 0 Å². The quantitative estimate of drug-likeness (QED) is 0.455. The van der Waals surface area contributed by atoms with Crippen molar-refractivity contribution in [3.63, 3.8) is 0 Å². The van der Waals surface area contributed by atoms with Crippen LogP contribution in [-0.2, 0) is 11.2 Å². The van der Waals surface area contributed by atoms with E-state index in [1.165, 1.54) is 20.3 Å². The summed E-state index contributed by atoms with van der Waals surface area (Å²) in [4.78, 5) is 21.7. The van der Waals surface area contributed by atoms with Gasteiger partial charge in [-0.25, -0.2) is 4.79 Å². The lowest BCUT2D eigenvalue weighted by molar-refractivity contribution is -0.385. The van der Waals surface area contributed by atoms with Gasteiger partial charge in [0.15, 0.2) is 0 Å². The Labute approximate surface area is 103 Å². The van der Waals surface area contributed by atoms with Crippen LogP contribution in [-0.4, -0.2) is 25.1 Å². The summed E-state index contributed by atoms with van der Waals surface area (Å²) >= 11 is 0. The summed E-state index contributed by atoms with van der Waals surface area (Å²) in [7, 11) is 2.47. The Kier molecular flexibility index (Phi) is 4.21. The van der Waals surface area contributed by atoms with Gasteiger partial charge in [0.2, 0.25) is 0 Å². The maximum Gasteiger partial charge on any atom is 0.341 e. The molecule has 0 saturated carbocycles. The molecule has 94 valence electrons. The number of hydrogen-bond acceptors (Lipinski definition) is 6. The van der Waals surface area contributed by atoms with E-state index < -0.39 is 10.9 Å². The highest BCUT2D eigenvalue weighted by molar-refractivity contribution is 5.93. The van der Waals surface area contributed by atoms with Gasteiger partial charge in [0.05, 0.1) is 37.7 Å². The van der Waals surface area contributed by atoms with Gasteiger partial charge in [-0.2, -0.15) is 5.26 Å². The first-order chi connectivity index (χ1) is 8.54. The number of nitriles is 1. The topological polar surface area (TPSA) is 102 Å². The molecule has 18 heavy (non-hydrogen) atoms. The number of methoxy groups -OCH3 is 2. The van der Waals surface area contributed by atoms with E-state index in [1.54, 1.807) is 6.07 Å². The minimum Gasteiger partial charge on any atom is -0.496 e. The molecular formula is C11H10N2O5. The molecule has 0 aliphatic carbocycles. The van der Waals surface area contributed by atoms with E-state index >= 15 is 0 Å². The lowest BCUT2D eigenvalue weighted by Crippen LogP contribution is -2.07. The number of carbonyl (C=O) groups is 1. The van der Waals surface area contributed by atoms with Gasteiger partial charge in [-0.1, -0.05) is 0 Å². The molecule has 1 aromatic carbocycles. The molecule has 0 fully saturated rings. The Balaban J connectivity index is 3.46. The van der Waals surface area contributed by atoms with E-state index in [2.05, 4.69) is 4.74 Å². The molecule has 0 aliphatic heterocycles. The Morgan fingerprint density at radius 2 is 2.17 bits per heavy atom. The molecule has 0 radical (unpaired) electrons. The number of esters is 1. The van der Waals surface area contributed by atoms with Crippen LogP contribution < -0.4 is 4.74 Å². The van der Waals surface area contributed by atoms with Crippen LogP contribution in [0.1, 0.15) is 15.9 Å². The second-order valence-corrected chi connectivity index (χ2v) is 3.26. The van der Waals surface area contributed by atoms with E-state index in [1.807, 2.05) is 0 Å². The first-order valence-electron chi connectivity index (χ1n) is 4.85. The molecule has 7 heteroatoms. The molecule has 7 nitrogen and oxygen atoms in total. The second kappa shape index (κ2) is 5.63. The minimum atomic E-state index is -0.680. The van der Waals surface area contributed by atoms with E-state index in [0.717, 1.165) is 6.07 Å². The Morgan fingerprint density at radius 3 is 2.61 bits per heavy atom. The highest BCUT2D eigenvalue weighted by Gasteiger charge is 2.22. The number of nitro benzene ring substituents is 1. The second-order valence-electron chi connectivity index (χ2n) is 3.26. The van der Waals surface area contributed by atoms with E-state index in [4.69, 9.17) is 10.00 Å². The van der Waals surface area contributed by atoms with Gasteiger partial charge >= 0.3 is 5.97 Å². The maximum absolute atomic E-state index is 11.5. The Bertz CT molecular complexity index is 533. The molecule has 0 aromatic heterocycles. The van der Waals surface area contributed by atoms with Gasteiger partial charge in [0.1, 0.15) is 11.3 Å². The summed E-state index contributed by atoms with van der Waals surface area (Å²) in [5.74, 6) is -0.642. The number of benzene rings is 1. The largest absolute Gasteiger partial charge is 0.496 e.